The van der Waals surface area contributed by atoms with E-state index in [-0.39, 0.29) is 11.2 Å². The van der Waals surface area contributed by atoms with E-state index < -0.39 is 0 Å². The second-order valence-corrected chi connectivity index (χ2v) is 6.94. The van der Waals surface area contributed by atoms with Gasteiger partial charge in [-0.3, -0.25) is 4.90 Å². The van der Waals surface area contributed by atoms with Crippen molar-refractivity contribution < 1.29 is 4.74 Å². The van der Waals surface area contributed by atoms with Crippen LogP contribution in [0.25, 0.3) is 0 Å². The molecule has 1 aromatic rings. The summed E-state index contributed by atoms with van der Waals surface area (Å²) in [6, 6.07) is 3.58. The Bertz CT molecular complexity index is 474. The summed E-state index contributed by atoms with van der Waals surface area (Å²) >= 11 is 6.23. The van der Waals surface area contributed by atoms with Crippen LogP contribution in [0.4, 0.5) is 5.82 Å². The Kier molecular flexibility index (Phi) is 4.25. The third-order valence-corrected chi connectivity index (χ3v) is 3.55. The number of nitrogen functional groups attached to an aromatic ring is 1. The van der Waals surface area contributed by atoms with Gasteiger partial charge >= 0.3 is 0 Å². The average Bonchev–Trinajstić information content (AvgIpc) is 2.28. The highest BCUT2D eigenvalue weighted by Gasteiger charge is 2.38. The Hall–Kier alpha value is -0.880. The van der Waals surface area contributed by atoms with E-state index in [4.69, 9.17) is 22.2 Å². The third-order valence-electron chi connectivity index (χ3n) is 3.20. The van der Waals surface area contributed by atoms with Crippen LogP contribution in [-0.4, -0.2) is 34.2 Å². The summed E-state index contributed by atoms with van der Waals surface area (Å²) in [5, 5.41) is 0.658. The van der Waals surface area contributed by atoms with Crippen molar-refractivity contribution in [2.75, 3.05) is 18.5 Å². The quantitative estimate of drug-likeness (QED) is 0.663. The number of ether oxygens (including phenoxy) is 1. The van der Waals surface area contributed by atoms with E-state index >= 15 is 0 Å². The minimum Gasteiger partial charge on any atom is -0.367 e. The molecule has 1 saturated heterocycles. The van der Waals surface area contributed by atoms with Gasteiger partial charge in [0.15, 0.2) is 0 Å². The number of nitrogens with two attached hydrogens (primary N) is 1. The molecule has 0 aliphatic carbocycles. The molecule has 112 valence electrons. The minimum absolute atomic E-state index is 0.183. The standard InChI is InChI=1S/C14H23ClN4O/c1-13(2)8-19(9-14(3,4)20-13)7-11-10(15)5-6-12(17-11)18-16/h5-6H,7-9,16H2,1-4H3,(H,17,18). The zero-order valence-corrected chi connectivity index (χ0v) is 13.3. The number of hydrogen-bond donors (Lipinski definition) is 2. The topological polar surface area (TPSA) is 63.4 Å². The maximum Gasteiger partial charge on any atom is 0.140 e. The Labute approximate surface area is 125 Å². The molecule has 0 atom stereocenters. The molecule has 2 rings (SSSR count). The van der Waals surface area contributed by atoms with Crippen LogP contribution in [0, 0.1) is 0 Å². The highest BCUT2D eigenvalue weighted by molar-refractivity contribution is 6.31. The van der Waals surface area contributed by atoms with Gasteiger partial charge in [0.25, 0.3) is 0 Å². The molecule has 5 nitrogen and oxygen atoms in total. The van der Waals surface area contributed by atoms with Gasteiger partial charge in [0.1, 0.15) is 5.82 Å². The molecule has 6 heteroatoms. The molecular formula is C14H23ClN4O. The molecule has 0 saturated carbocycles. The van der Waals surface area contributed by atoms with Crippen molar-refractivity contribution in [2.45, 2.75) is 45.4 Å². The highest BCUT2D eigenvalue weighted by Crippen LogP contribution is 2.29. The third kappa shape index (κ3) is 3.82. The lowest BCUT2D eigenvalue weighted by molar-refractivity contribution is -0.182. The first-order valence-electron chi connectivity index (χ1n) is 6.75. The van der Waals surface area contributed by atoms with Crippen LogP contribution in [0.1, 0.15) is 33.4 Å². The fraction of sp³-hybridized carbons (Fsp3) is 0.643. The van der Waals surface area contributed by atoms with Crippen molar-refractivity contribution in [1.29, 1.82) is 0 Å². The van der Waals surface area contributed by atoms with E-state index in [2.05, 4.69) is 43.0 Å². The lowest BCUT2D eigenvalue weighted by Gasteiger charge is -2.47. The van der Waals surface area contributed by atoms with Gasteiger partial charge in [0.2, 0.25) is 0 Å². The van der Waals surface area contributed by atoms with Crippen LogP contribution in [0.2, 0.25) is 5.02 Å². The molecule has 1 fully saturated rings. The molecule has 1 aliphatic rings. The molecule has 3 N–H and O–H groups in total. The first-order valence-corrected chi connectivity index (χ1v) is 7.13. The van der Waals surface area contributed by atoms with E-state index in [0.717, 1.165) is 18.8 Å². The number of nitrogens with zero attached hydrogens (tertiary/aromatic N) is 2. The van der Waals surface area contributed by atoms with Crippen molar-refractivity contribution in [1.82, 2.24) is 9.88 Å². The van der Waals surface area contributed by atoms with Crippen molar-refractivity contribution >= 4 is 17.4 Å². The monoisotopic (exact) mass is 298 g/mol. The summed E-state index contributed by atoms with van der Waals surface area (Å²) in [6.45, 7) is 10.8. The molecule has 1 aliphatic heterocycles. The summed E-state index contributed by atoms with van der Waals surface area (Å²) < 4.78 is 6.08. The smallest absolute Gasteiger partial charge is 0.140 e. The Morgan fingerprint density at radius 1 is 1.30 bits per heavy atom. The Balaban J connectivity index is 2.17. The van der Waals surface area contributed by atoms with Crippen LogP contribution >= 0.6 is 11.6 Å². The van der Waals surface area contributed by atoms with Crippen LogP contribution in [-0.2, 0) is 11.3 Å². The van der Waals surface area contributed by atoms with E-state index in [0.29, 0.717) is 17.4 Å². The maximum atomic E-state index is 6.23. The first kappa shape index (κ1) is 15.5. The van der Waals surface area contributed by atoms with Crippen LogP contribution < -0.4 is 11.3 Å². The number of hydrazine groups is 1. The van der Waals surface area contributed by atoms with Crippen LogP contribution in [0.3, 0.4) is 0 Å². The van der Waals surface area contributed by atoms with E-state index in [1.165, 1.54) is 0 Å². The molecule has 20 heavy (non-hydrogen) atoms. The van der Waals surface area contributed by atoms with Gasteiger partial charge in [-0.25, -0.2) is 10.8 Å². The van der Waals surface area contributed by atoms with Crippen LogP contribution in [0.15, 0.2) is 12.1 Å². The second kappa shape index (κ2) is 5.48. The average molecular weight is 299 g/mol. The van der Waals surface area contributed by atoms with Crippen molar-refractivity contribution in [2.24, 2.45) is 5.84 Å². The zero-order valence-electron chi connectivity index (χ0n) is 12.5. The number of rotatable bonds is 3. The summed E-state index contributed by atoms with van der Waals surface area (Å²) in [4.78, 5) is 6.75. The van der Waals surface area contributed by atoms with Gasteiger partial charge in [-0.15, -0.1) is 0 Å². The van der Waals surface area contributed by atoms with E-state index in [9.17, 15) is 0 Å². The van der Waals surface area contributed by atoms with E-state index in [1.807, 2.05) is 6.07 Å². The Morgan fingerprint density at radius 2 is 1.90 bits per heavy atom. The molecular weight excluding hydrogens is 276 g/mol. The fourth-order valence-corrected chi connectivity index (χ4v) is 3.11. The van der Waals surface area contributed by atoms with Gasteiger partial charge < -0.3 is 10.2 Å². The van der Waals surface area contributed by atoms with Crippen LogP contribution in [0.5, 0.6) is 0 Å². The number of hydrogen-bond acceptors (Lipinski definition) is 5. The number of aromatic nitrogens is 1. The molecule has 0 unspecified atom stereocenters. The summed E-state index contributed by atoms with van der Waals surface area (Å²) in [5.74, 6) is 6.02. The number of pyridine rings is 1. The molecule has 0 aromatic carbocycles. The van der Waals surface area contributed by atoms with Crippen molar-refractivity contribution in [3.05, 3.63) is 22.8 Å². The lowest BCUT2D eigenvalue weighted by Crippen LogP contribution is -2.56. The number of morpholine rings is 1. The molecule has 0 radical (unpaired) electrons. The van der Waals surface area contributed by atoms with Crippen molar-refractivity contribution in [3.63, 3.8) is 0 Å². The fourth-order valence-electron chi connectivity index (χ4n) is 2.94. The number of halogens is 1. The molecule has 0 amide bonds. The van der Waals surface area contributed by atoms with Gasteiger partial charge in [-0.2, -0.15) is 0 Å². The molecule has 0 spiro atoms. The van der Waals surface area contributed by atoms with Gasteiger partial charge in [0, 0.05) is 19.6 Å². The van der Waals surface area contributed by atoms with Gasteiger partial charge in [-0.05, 0) is 39.8 Å². The summed E-state index contributed by atoms with van der Waals surface area (Å²) in [6.07, 6.45) is 0. The summed E-state index contributed by atoms with van der Waals surface area (Å²) in [5.41, 5.74) is 3.02. The lowest BCUT2D eigenvalue weighted by atomic mass is 9.99. The normalized spacial score (nSPS) is 21.7. The molecule has 0 bridgehead atoms. The SMILES string of the molecule is CC1(C)CN(Cc2nc(NN)ccc2Cl)CC(C)(C)O1. The second-order valence-electron chi connectivity index (χ2n) is 6.54. The van der Waals surface area contributed by atoms with Crippen molar-refractivity contribution in [3.8, 4) is 0 Å². The van der Waals surface area contributed by atoms with Gasteiger partial charge in [-0.1, -0.05) is 11.6 Å². The highest BCUT2D eigenvalue weighted by atomic mass is 35.5. The number of nitrogens with one attached hydrogen (secondary N) is 1. The molecule has 2 heterocycles. The number of anilines is 1. The zero-order chi connectivity index (χ0) is 15.0. The largest absolute Gasteiger partial charge is 0.367 e. The summed E-state index contributed by atoms with van der Waals surface area (Å²) in [7, 11) is 0. The maximum absolute atomic E-state index is 6.23. The Morgan fingerprint density at radius 3 is 2.45 bits per heavy atom. The first-order chi connectivity index (χ1) is 9.21. The predicted octanol–water partition coefficient (Wildman–Crippen LogP) is 2.41. The minimum atomic E-state index is -0.183. The van der Waals surface area contributed by atoms with E-state index in [1.54, 1.807) is 6.07 Å². The molecule has 1 aromatic heterocycles. The predicted molar refractivity (Wildman–Crippen MR) is 81.6 cm³/mol. The van der Waals surface area contributed by atoms with Gasteiger partial charge in [0.05, 0.1) is 21.9 Å².